The van der Waals surface area contributed by atoms with Crippen molar-refractivity contribution in [2.45, 2.75) is 12.5 Å². The molecule has 0 aliphatic heterocycles. The first-order valence-corrected chi connectivity index (χ1v) is 7.35. The van der Waals surface area contributed by atoms with Crippen LogP contribution in [0.2, 0.25) is 10.0 Å². The van der Waals surface area contributed by atoms with E-state index in [1.165, 1.54) is 12.1 Å². The molecule has 1 amide bonds. The average Bonchev–Trinajstić information content (AvgIpc) is 2.50. The van der Waals surface area contributed by atoms with Gasteiger partial charge in [0.15, 0.2) is 0 Å². The minimum absolute atomic E-state index is 0.00645. The largest absolute Gasteiger partial charge is 0.387 e. The standard InChI is InChI=1S/C16H14Cl2FNO2/c17-12-4-1-10(2-5-12)7-16(22)20-9-15(21)11-3-6-13(18)14(19)8-11/h1-6,8,15,21H,7,9H2,(H,20,22). The van der Waals surface area contributed by atoms with Crippen molar-refractivity contribution in [3.63, 3.8) is 0 Å². The van der Waals surface area contributed by atoms with Gasteiger partial charge in [-0.15, -0.1) is 0 Å². The Hall–Kier alpha value is -1.62. The molecule has 0 spiro atoms. The first-order chi connectivity index (χ1) is 10.5. The molecule has 2 rings (SSSR count). The van der Waals surface area contributed by atoms with Crippen molar-refractivity contribution in [1.82, 2.24) is 5.32 Å². The Kier molecular flexibility index (Phi) is 5.77. The highest BCUT2D eigenvalue weighted by Gasteiger charge is 2.12. The Morgan fingerprint density at radius 2 is 1.86 bits per heavy atom. The van der Waals surface area contributed by atoms with Crippen LogP contribution in [0.5, 0.6) is 0 Å². The summed E-state index contributed by atoms with van der Waals surface area (Å²) in [6.45, 7) is -0.00645. The molecule has 22 heavy (non-hydrogen) atoms. The zero-order chi connectivity index (χ0) is 16.1. The summed E-state index contributed by atoms with van der Waals surface area (Å²) in [5.41, 5.74) is 1.17. The SMILES string of the molecule is O=C(Cc1ccc(Cl)cc1)NCC(O)c1ccc(Cl)c(F)c1. The van der Waals surface area contributed by atoms with Gasteiger partial charge in [-0.1, -0.05) is 41.4 Å². The fourth-order valence-electron chi connectivity index (χ4n) is 1.90. The van der Waals surface area contributed by atoms with Crippen LogP contribution in [0.15, 0.2) is 42.5 Å². The molecule has 1 unspecified atom stereocenters. The Morgan fingerprint density at radius 1 is 1.18 bits per heavy atom. The zero-order valence-corrected chi connectivity index (χ0v) is 13.0. The number of hydrogen-bond acceptors (Lipinski definition) is 2. The summed E-state index contributed by atoms with van der Waals surface area (Å²) >= 11 is 11.3. The third-order valence-corrected chi connectivity index (χ3v) is 3.66. The molecule has 0 heterocycles. The van der Waals surface area contributed by atoms with Gasteiger partial charge in [-0.05, 0) is 35.4 Å². The minimum Gasteiger partial charge on any atom is -0.387 e. The molecule has 2 N–H and O–H groups in total. The molecule has 116 valence electrons. The average molecular weight is 342 g/mol. The first kappa shape index (κ1) is 16.7. The van der Waals surface area contributed by atoms with Gasteiger partial charge in [-0.25, -0.2) is 4.39 Å². The molecule has 3 nitrogen and oxygen atoms in total. The van der Waals surface area contributed by atoms with Gasteiger partial charge in [-0.2, -0.15) is 0 Å². The molecule has 0 fully saturated rings. The molecule has 0 saturated carbocycles. The summed E-state index contributed by atoms with van der Waals surface area (Å²) < 4.78 is 13.3. The van der Waals surface area contributed by atoms with Gasteiger partial charge in [0.2, 0.25) is 5.91 Å². The van der Waals surface area contributed by atoms with E-state index in [1.54, 1.807) is 24.3 Å². The highest BCUT2D eigenvalue weighted by molar-refractivity contribution is 6.30. The van der Waals surface area contributed by atoms with Crippen LogP contribution in [-0.2, 0) is 11.2 Å². The summed E-state index contributed by atoms with van der Waals surface area (Å²) in [5, 5.41) is 13.1. The maximum Gasteiger partial charge on any atom is 0.224 e. The van der Waals surface area contributed by atoms with E-state index in [-0.39, 0.29) is 23.9 Å². The van der Waals surface area contributed by atoms with E-state index < -0.39 is 11.9 Å². The van der Waals surface area contributed by atoms with Gasteiger partial charge >= 0.3 is 0 Å². The molecule has 0 aliphatic carbocycles. The molecule has 2 aromatic rings. The lowest BCUT2D eigenvalue weighted by Gasteiger charge is -2.13. The fraction of sp³-hybridized carbons (Fsp3) is 0.188. The van der Waals surface area contributed by atoms with Crippen molar-refractivity contribution in [3.05, 3.63) is 69.5 Å². The fourth-order valence-corrected chi connectivity index (χ4v) is 2.14. The van der Waals surface area contributed by atoms with Crippen LogP contribution in [0, 0.1) is 5.82 Å². The van der Waals surface area contributed by atoms with Crippen LogP contribution in [0.3, 0.4) is 0 Å². The minimum atomic E-state index is -0.999. The third kappa shape index (κ3) is 4.70. The van der Waals surface area contributed by atoms with Crippen molar-refractivity contribution in [2.75, 3.05) is 6.54 Å². The topological polar surface area (TPSA) is 49.3 Å². The Labute approximate surface area is 137 Å². The smallest absolute Gasteiger partial charge is 0.224 e. The predicted molar refractivity (Wildman–Crippen MR) is 84.5 cm³/mol. The Bertz CT molecular complexity index is 662. The second-order valence-corrected chi connectivity index (χ2v) is 5.64. The van der Waals surface area contributed by atoms with Gasteiger partial charge in [0.05, 0.1) is 17.5 Å². The van der Waals surface area contributed by atoms with Gasteiger partial charge < -0.3 is 10.4 Å². The van der Waals surface area contributed by atoms with Gasteiger partial charge in [0.25, 0.3) is 0 Å². The van der Waals surface area contributed by atoms with Crippen LogP contribution in [0.1, 0.15) is 17.2 Å². The van der Waals surface area contributed by atoms with E-state index in [4.69, 9.17) is 23.2 Å². The van der Waals surface area contributed by atoms with Crippen LogP contribution < -0.4 is 5.32 Å². The molecule has 0 aliphatic rings. The quantitative estimate of drug-likeness (QED) is 0.873. The van der Waals surface area contributed by atoms with Gasteiger partial charge in [-0.3, -0.25) is 4.79 Å². The van der Waals surface area contributed by atoms with Crippen LogP contribution in [-0.4, -0.2) is 17.6 Å². The number of rotatable bonds is 5. The van der Waals surface area contributed by atoms with Crippen LogP contribution in [0.4, 0.5) is 4.39 Å². The van der Waals surface area contributed by atoms with E-state index in [0.717, 1.165) is 11.6 Å². The lowest BCUT2D eigenvalue weighted by molar-refractivity contribution is -0.120. The predicted octanol–water partition coefficient (Wildman–Crippen LogP) is 3.52. The first-order valence-electron chi connectivity index (χ1n) is 6.60. The zero-order valence-electron chi connectivity index (χ0n) is 11.5. The van der Waals surface area contributed by atoms with E-state index in [1.807, 2.05) is 0 Å². The van der Waals surface area contributed by atoms with Crippen LogP contribution in [0.25, 0.3) is 0 Å². The Morgan fingerprint density at radius 3 is 2.50 bits per heavy atom. The van der Waals surface area contributed by atoms with Gasteiger partial charge in [0.1, 0.15) is 5.82 Å². The summed E-state index contributed by atoms with van der Waals surface area (Å²) in [6.07, 6.45) is -0.820. The monoisotopic (exact) mass is 341 g/mol. The molecule has 0 saturated heterocycles. The van der Waals surface area contributed by atoms with Crippen molar-refractivity contribution < 1.29 is 14.3 Å². The highest BCUT2D eigenvalue weighted by Crippen LogP contribution is 2.20. The maximum atomic E-state index is 13.3. The number of carbonyl (C=O) groups is 1. The number of aliphatic hydroxyl groups excluding tert-OH is 1. The molecular formula is C16H14Cl2FNO2. The summed E-state index contributed by atoms with van der Waals surface area (Å²) in [4.78, 5) is 11.8. The van der Waals surface area contributed by atoms with Crippen molar-refractivity contribution >= 4 is 29.1 Å². The highest BCUT2D eigenvalue weighted by atomic mass is 35.5. The molecule has 0 aromatic heterocycles. The van der Waals surface area contributed by atoms with Crippen molar-refractivity contribution in [2.24, 2.45) is 0 Å². The second-order valence-electron chi connectivity index (χ2n) is 4.80. The van der Waals surface area contributed by atoms with Crippen molar-refractivity contribution in [3.8, 4) is 0 Å². The van der Waals surface area contributed by atoms with Gasteiger partial charge in [0, 0.05) is 11.6 Å². The maximum absolute atomic E-state index is 13.3. The molecule has 1 atom stereocenters. The Balaban J connectivity index is 1.87. The second kappa shape index (κ2) is 7.58. The van der Waals surface area contributed by atoms with Crippen LogP contribution >= 0.6 is 23.2 Å². The lowest BCUT2D eigenvalue weighted by Crippen LogP contribution is -2.29. The van der Waals surface area contributed by atoms with E-state index >= 15 is 0 Å². The third-order valence-electron chi connectivity index (χ3n) is 3.10. The van der Waals surface area contributed by atoms with E-state index in [2.05, 4.69) is 5.32 Å². The lowest BCUT2D eigenvalue weighted by atomic mass is 10.1. The normalized spacial score (nSPS) is 12.0. The number of carbonyl (C=O) groups excluding carboxylic acids is 1. The molecule has 0 bridgehead atoms. The number of amides is 1. The number of benzene rings is 2. The number of nitrogens with one attached hydrogen (secondary N) is 1. The molecule has 2 aromatic carbocycles. The number of hydrogen-bond donors (Lipinski definition) is 2. The van der Waals surface area contributed by atoms with E-state index in [0.29, 0.717) is 10.6 Å². The molecular weight excluding hydrogens is 328 g/mol. The molecule has 6 heteroatoms. The number of halogens is 3. The summed E-state index contributed by atoms with van der Waals surface area (Å²) in [7, 11) is 0. The van der Waals surface area contributed by atoms with E-state index in [9.17, 15) is 14.3 Å². The molecule has 0 radical (unpaired) electrons. The summed E-state index contributed by atoms with van der Waals surface area (Å²) in [5.74, 6) is -0.846. The number of aliphatic hydroxyl groups is 1. The van der Waals surface area contributed by atoms with Crippen molar-refractivity contribution in [1.29, 1.82) is 0 Å². The summed E-state index contributed by atoms with van der Waals surface area (Å²) in [6, 6.07) is 11.0.